The third-order valence-corrected chi connectivity index (χ3v) is 4.05. The van der Waals surface area contributed by atoms with E-state index in [4.69, 9.17) is 16.3 Å². The number of hydrogen-bond donors (Lipinski definition) is 1. The van der Waals surface area contributed by atoms with Gasteiger partial charge >= 0.3 is 0 Å². The minimum Gasteiger partial charge on any atom is -0.482 e. The van der Waals surface area contributed by atoms with Crippen molar-refractivity contribution in [2.24, 2.45) is 0 Å². The summed E-state index contributed by atoms with van der Waals surface area (Å²) in [7, 11) is 1.56. The molecule has 0 aliphatic carbocycles. The molecule has 5 nitrogen and oxygen atoms in total. The number of carbonyl (C=O) groups is 2. The van der Waals surface area contributed by atoms with Crippen molar-refractivity contribution in [1.29, 1.82) is 0 Å². The highest BCUT2D eigenvalue weighted by atomic mass is 35.5. The Kier molecular flexibility index (Phi) is 6.42. The molecular weight excluding hydrogens is 340 g/mol. The van der Waals surface area contributed by atoms with Gasteiger partial charge in [-0.05, 0) is 37.1 Å². The summed E-state index contributed by atoms with van der Waals surface area (Å²) < 4.78 is 5.40. The predicted octanol–water partition coefficient (Wildman–Crippen LogP) is 3.43. The molecule has 0 saturated carbocycles. The molecule has 0 bridgehead atoms. The van der Waals surface area contributed by atoms with Crippen molar-refractivity contribution < 1.29 is 14.3 Å². The fourth-order valence-corrected chi connectivity index (χ4v) is 2.50. The summed E-state index contributed by atoms with van der Waals surface area (Å²) in [4.78, 5) is 25.6. The number of nitrogens with zero attached hydrogens (tertiary/aromatic N) is 1. The van der Waals surface area contributed by atoms with Crippen LogP contribution in [0.1, 0.15) is 11.1 Å². The molecule has 2 rings (SSSR count). The molecule has 2 amide bonds. The predicted molar refractivity (Wildman–Crippen MR) is 99.1 cm³/mol. The monoisotopic (exact) mass is 360 g/mol. The fourth-order valence-electron chi connectivity index (χ4n) is 2.31. The van der Waals surface area contributed by atoms with Gasteiger partial charge in [0.1, 0.15) is 5.75 Å². The summed E-state index contributed by atoms with van der Waals surface area (Å²) in [6.07, 6.45) is 0. The van der Waals surface area contributed by atoms with Crippen molar-refractivity contribution in [1.82, 2.24) is 4.90 Å². The maximum atomic E-state index is 12.2. The molecule has 0 aliphatic heterocycles. The number of aryl methyl sites for hydroxylation is 2. The molecule has 25 heavy (non-hydrogen) atoms. The maximum Gasteiger partial charge on any atom is 0.260 e. The zero-order valence-corrected chi connectivity index (χ0v) is 15.3. The zero-order valence-electron chi connectivity index (χ0n) is 14.5. The standard InChI is InChI=1S/C19H21ClN2O3/c1-13-7-6-8-14(2)19(13)21-17(23)11-22(3)18(24)12-25-16-10-5-4-9-15(16)20/h4-10H,11-12H2,1-3H3,(H,21,23). The highest BCUT2D eigenvalue weighted by Crippen LogP contribution is 2.23. The second-order valence-corrected chi connectivity index (χ2v) is 6.19. The van der Waals surface area contributed by atoms with Crippen LogP contribution in [0.2, 0.25) is 5.02 Å². The minimum atomic E-state index is -0.309. The van der Waals surface area contributed by atoms with Crippen molar-refractivity contribution >= 4 is 29.1 Å². The van der Waals surface area contributed by atoms with Gasteiger partial charge in [-0.2, -0.15) is 0 Å². The van der Waals surface area contributed by atoms with E-state index >= 15 is 0 Å². The molecule has 0 saturated heterocycles. The van der Waals surface area contributed by atoms with E-state index in [0.29, 0.717) is 10.8 Å². The Morgan fingerprint density at radius 2 is 1.72 bits per heavy atom. The second kappa shape index (κ2) is 8.53. The highest BCUT2D eigenvalue weighted by molar-refractivity contribution is 6.32. The molecule has 0 fully saturated rings. The van der Waals surface area contributed by atoms with E-state index in [1.165, 1.54) is 4.90 Å². The molecule has 6 heteroatoms. The Labute approximate surface area is 152 Å². The Morgan fingerprint density at radius 1 is 1.08 bits per heavy atom. The molecule has 0 radical (unpaired) electrons. The SMILES string of the molecule is Cc1cccc(C)c1NC(=O)CN(C)C(=O)COc1ccccc1Cl. The molecule has 2 aromatic rings. The summed E-state index contributed by atoms with van der Waals surface area (Å²) in [5.41, 5.74) is 2.73. The third kappa shape index (κ3) is 5.22. The molecule has 132 valence electrons. The normalized spacial score (nSPS) is 10.2. The molecule has 1 N–H and O–H groups in total. The van der Waals surface area contributed by atoms with Gasteiger partial charge in [0, 0.05) is 12.7 Å². The van der Waals surface area contributed by atoms with Crippen LogP contribution in [0, 0.1) is 13.8 Å². The van der Waals surface area contributed by atoms with Crippen LogP contribution in [0.25, 0.3) is 0 Å². The van der Waals surface area contributed by atoms with Gasteiger partial charge in [0.15, 0.2) is 6.61 Å². The summed E-state index contributed by atoms with van der Waals surface area (Å²) >= 11 is 5.98. The number of ether oxygens (including phenoxy) is 1. The number of carbonyl (C=O) groups excluding carboxylic acids is 2. The summed E-state index contributed by atoms with van der Waals surface area (Å²) in [5, 5.41) is 3.29. The van der Waals surface area contributed by atoms with E-state index in [1.54, 1.807) is 31.3 Å². The summed E-state index contributed by atoms with van der Waals surface area (Å²) in [5.74, 6) is -0.131. The van der Waals surface area contributed by atoms with Gasteiger partial charge in [0.25, 0.3) is 5.91 Å². The first-order valence-corrected chi connectivity index (χ1v) is 8.23. The Hall–Kier alpha value is -2.53. The molecule has 0 unspecified atom stereocenters. The lowest BCUT2D eigenvalue weighted by Gasteiger charge is -2.18. The number of halogens is 1. The lowest BCUT2D eigenvalue weighted by molar-refractivity contribution is -0.135. The maximum absolute atomic E-state index is 12.2. The van der Waals surface area contributed by atoms with Crippen molar-refractivity contribution in [3.05, 3.63) is 58.6 Å². The van der Waals surface area contributed by atoms with E-state index in [2.05, 4.69) is 5.32 Å². The first-order chi connectivity index (χ1) is 11.9. The van der Waals surface area contributed by atoms with Gasteiger partial charge in [-0.1, -0.05) is 41.9 Å². The van der Waals surface area contributed by atoms with E-state index in [-0.39, 0.29) is 25.0 Å². The van der Waals surface area contributed by atoms with Gasteiger partial charge in [0.05, 0.1) is 11.6 Å². The van der Waals surface area contributed by atoms with E-state index in [0.717, 1.165) is 16.8 Å². The number of hydrogen-bond acceptors (Lipinski definition) is 3. The average Bonchev–Trinajstić information content (AvgIpc) is 2.57. The Morgan fingerprint density at radius 3 is 2.36 bits per heavy atom. The number of rotatable bonds is 6. The van der Waals surface area contributed by atoms with Crippen LogP contribution >= 0.6 is 11.6 Å². The zero-order chi connectivity index (χ0) is 18.4. The average molecular weight is 361 g/mol. The van der Waals surface area contributed by atoms with Gasteiger partial charge in [-0.25, -0.2) is 0 Å². The molecule has 0 spiro atoms. The van der Waals surface area contributed by atoms with E-state index in [9.17, 15) is 9.59 Å². The van der Waals surface area contributed by atoms with Crippen LogP contribution in [0.3, 0.4) is 0 Å². The number of para-hydroxylation sites is 2. The number of nitrogens with one attached hydrogen (secondary N) is 1. The lowest BCUT2D eigenvalue weighted by atomic mass is 10.1. The largest absolute Gasteiger partial charge is 0.482 e. The lowest BCUT2D eigenvalue weighted by Crippen LogP contribution is -2.37. The number of anilines is 1. The molecule has 0 heterocycles. The van der Waals surface area contributed by atoms with Crippen LogP contribution in [-0.2, 0) is 9.59 Å². The molecule has 0 aromatic heterocycles. The first-order valence-electron chi connectivity index (χ1n) is 7.86. The van der Waals surface area contributed by atoms with Gasteiger partial charge in [-0.15, -0.1) is 0 Å². The molecule has 0 atom stereocenters. The highest BCUT2D eigenvalue weighted by Gasteiger charge is 2.15. The van der Waals surface area contributed by atoms with Crippen molar-refractivity contribution in [2.75, 3.05) is 25.5 Å². The third-order valence-electron chi connectivity index (χ3n) is 3.74. The summed E-state index contributed by atoms with van der Waals surface area (Å²) in [6.45, 7) is 3.61. The van der Waals surface area contributed by atoms with Crippen LogP contribution in [0.15, 0.2) is 42.5 Å². The van der Waals surface area contributed by atoms with Crippen LogP contribution < -0.4 is 10.1 Å². The van der Waals surface area contributed by atoms with Crippen molar-refractivity contribution in [2.45, 2.75) is 13.8 Å². The van der Waals surface area contributed by atoms with Crippen molar-refractivity contribution in [3.8, 4) is 5.75 Å². The minimum absolute atomic E-state index is 0.0571. The van der Waals surface area contributed by atoms with E-state index < -0.39 is 0 Å². The summed E-state index contributed by atoms with van der Waals surface area (Å²) in [6, 6.07) is 12.7. The fraction of sp³-hybridized carbons (Fsp3) is 0.263. The van der Waals surface area contributed by atoms with Crippen LogP contribution in [-0.4, -0.2) is 36.9 Å². The number of likely N-dealkylation sites (N-methyl/N-ethyl adjacent to an activating group) is 1. The van der Waals surface area contributed by atoms with Crippen molar-refractivity contribution in [3.63, 3.8) is 0 Å². The van der Waals surface area contributed by atoms with Gasteiger partial charge in [0.2, 0.25) is 5.91 Å². The number of amides is 2. The van der Waals surface area contributed by atoms with Crippen LogP contribution in [0.5, 0.6) is 5.75 Å². The van der Waals surface area contributed by atoms with E-state index in [1.807, 2.05) is 32.0 Å². The smallest absolute Gasteiger partial charge is 0.260 e. The molecule has 0 aliphatic rings. The topological polar surface area (TPSA) is 58.6 Å². The number of benzene rings is 2. The second-order valence-electron chi connectivity index (χ2n) is 5.78. The van der Waals surface area contributed by atoms with Gasteiger partial charge < -0.3 is 15.0 Å². The first kappa shape index (κ1) is 18.8. The molecular formula is C19H21ClN2O3. The van der Waals surface area contributed by atoms with Gasteiger partial charge in [-0.3, -0.25) is 9.59 Å². The Bertz CT molecular complexity index is 757. The molecule has 2 aromatic carbocycles. The Balaban J connectivity index is 1.88. The quantitative estimate of drug-likeness (QED) is 0.858. The van der Waals surface area contributed by atoms with Crippen LogP contribution in [0.4, 0.5) is 5.69 Å².